The fourth-order valence-electron chi connectivity index (χ4n) is 2.34. The maximum absolute atomic E-state index is 5.98. The second-order valence-corrected chi connectivity index (χ2v) is 7.24. The van der Waals surface area contributed by atoms with Crippen molar-refractivity contribution in [1.29, 1.82) is 0 Å². The maximum atomic E-state index is 5.98. The maximum Gasteiger partial charge on any atom is 0.174 e. The molecule has 1 N–H and O–H groups in total. The number of thiocarbonyl (C=S) groups is 1. The third kappa shape index (κ3) is 5.33. The van der Waals surface area contributed by atoms with Crippen LogP contribution in [0.15, 0.2) is 75.8 Å². The van der Waals surface area contributed by atoms with Gasteiger partial charge in [-0.05, 0) is 66.3 Å². The van der Waals surface area contributed by atoms with E-state index < -0.39 is 0 Å². The van der Waals surface area contributed by atoms with Gasteiger partial charge in [0.2, 0.25) is 0 Å². The van der Waals surface area contributed by atoms with Gasteiger partial charge in [0.25, 0.3) is 0 Å². The minimum atomic E-state index is 0.581. The first-order valence-corrected chi connectivity index (χ1v) is 9.26. The lowest BCUT2D eigenvalue weighted by Gasteiger charge is -2.25. The Morgan fingerprint density at radius 1 is 1.04 bits per heavy atom. The molecular weight excluding hydrogens is 420 g/mol. The van der Waals surface area contributed by atoms with Crippen LogP contribution in [0.4, 0.5) is 5.69 Å². The molecule has 3 aromatic rings. The van der Waals surface area contributed by atoms with Crippen molar-refractivity contribution in [2.75, 3.05) is 5.32 Å². The molecule has 3 nitrogen and oxygen atoms in total. The van der Waals surface area contributed by atoms with Gasteiger partial charge in [0.05, 0.1) is 12.8 Å². The van der Waals surface area contributed by atoms with Crippen molar-refractivity contribution >= 4 is 50.5 Å². The van der Waals surface area contributed by atoms with Gasteiger partial charge in [-0.15, -0.1) is 0 Å². The van der Waals surface area contributed by atoms with Crippen LogP contribution < -0.4 is 5.32 Å². The molecule has 2 aromatic carbocycles. The summed E-state index contributed by atoms with van der Waals surface area (Å²) in [5, 5.41) is 4.63. The van der Waals surface area contributed by atoms with Crippen LogP contribution in [0, 0.1) is 0 Å². The number of anilines is 1. The van der Waals surface area contributed by atoms with Crippen LogP contribution in [0.2, 0.25) is 5.02 Å². The first-order valence-electron chi connectivity index (χ1n) is 7.68. The average molecular weight is 436 g/mol. The number of nitrogens with one attached hydrogen (secondary N) is 1. The zero-order valence-electron chi connectivity index (χ0n) is 13.3. The van der Waals surface area contributed by atoms with E-state index in [1.807, 2.05) is 60.7 Å². The van der Waals surface area contributed by atoms with Gasteiger partial charge in [-0.1, -0.05) is 39.7 Å². The number of nitrogens with zero attached hydrogens (tertiary/aromatic N) is 1. The van der Waals surface area contributed by atoms with E-state index in [9.17, 15) is 0 Å². The topological polar surface area (TPSA) is 28.4 Å². The van der Waals surface area contributed by atoms with Crippen molar-refractivity contribution in [3.63, 3.8) is 0 Å². The molecule has 0 atom stereocenters. The molecule has 0 spiro atoms. The van der Waals surface area contributed by atoms with Crippen LogP contribution in [0.5, 0.6) is 0 Å². The number of benzene rings is 2. The Hall–Kier alpha value is -1.82. The molecule has 3 rings (SSSR count). The van der Waals surface area contributed by atoms with Gasteiger partial charge >= 0.3 is 0 Å². The van der Waals surface area contributed by atoms with E-state index in [4.69, 9.17) is 28.2 Å². The zero-order valence-corrected chi connectivity index (χ0v) is 16.4. The Morgan fingerprint density at radius 3 is 2.40 bits per heavy atom. The molecule has 0 aliphatic heterocycles. The molecule has 0 radical (unpaired) electrons. The number of furan rings is 1. The fourth-order valence-corrected chi connectivity index (χ4v) is 2.97. The number of halogens is 2. The molecule has 1 heterocycles. The summed E-state index contributed by atoms with van der Waals surface area (Å²) in [6, 6.07) is 19.5. The third-order valence-corrected chi connectivity index (χ3v) is 4.74. The Morgan fingerprint density at radius 2 is 1.76 bits per heavy atom. The van der Waals surface area contributed by atoms with Gasteiger partial charge < -0.3 is 14.6 Å². The van der Waals surface area contributed by atoms with Gasteiger partial charge in [0, 0.05) is 21.7 Å². The minimum absolute atomic E-state index is 0.581. The van der Waals surface area contributed by atoms with Crippen LogP contribution in [0.25, 0.3) is 0 Å². The molecule has 0 saturated heterocycles. The zero-order chi connectivity index (χ0) is 17.6. The molecule has 0 saturated carbocycles. The molecule has 0 aliphatic rings. The predicted octanol–water partition coefficient (Wildman–Crippen LogP) is 6.09. The molecule has 6 heteroatoms. The summed E-state index contributed by atoms with van der Waals surface area (Å²) in [5.74, 6) is 0.855. The van der Waals surface area contributed by atoms with E-state index in [1.165, 1.54) is 0 Å². The van der Waals surface area contributed by atoms with E-state index in [0.29, 0.717) is 18.2 Å². The quantitative estimate of drug-likeness (QED) is 0.491. The molecule has 0 bridgehead atoms. The lowest BCUT2D eigenvalue weighted by Crippen LogP contribution is -2.33. The number of rotatable bonds is 5. The standard InChI is InChI=1S/C19H16BrClN2OS/c20-15-5-9-17(10-6-15)22-19(25)23(13-18-2-1-11-24-18)12-14-3-7-16(21)8-4-14/h1-11H,12-13H2,(H,22,25). The average Bonchev–Trinajstić information content (AvgIpc) is 3.11. The molecule has 1 aromatic heterocycles. The van der Waals surface area contributed by atoms with E-state index in [2.05, 4.69) is 26.1 Å². The second kappa shape index (κ2) is 8.52. The highest BCUT2D eigenvalue weighted by molar-refractivity contribution is 9.10. The number of hydrogen-bond donors (Lipinski definition) is 1. The van der Waals surface area contributed by atoms with Crippen molar-refractivity contribution in [3.8, 4) is 0 Å². The summed E-state index contributed by atoms with van der Waals surface area (Å²) >= 11 is 15.0. The van der Waals surface area contributed by atoms with Crippen LogP contribution in [0.3, 0.4) is 0 Å². The lowest BCUT2D eigenvalue weighted by atomic mass is 10.2. The van der Waals surface area contributed by atoms with Crippen LogP contribution >= 0.6 is 39.7 Å². The SMILES string of the molecule is S=C(Nc1ccc(Br)cc1)N(Cc1ccc(Cl)cc1)Cc1ccco1. The van der Waals surface area contributed by atoms with Gasteiger partial charge in [0.15, 0.2) is 5.11 Å². The second-order valence-electron chi connectivity index (χ2n) is 5.50. The Labute approximate surface area is 165 Å². The highest BCUT2D eigenvalue weighted by Crippen LogP contribution is 2.18. The van der Waals surface area contributed by atoms with Crippen molar-refractivity contribution in [2.45, 2.75) is 13.1 Å². The predicted molar refractivity (Wildman–Crippen MR) is 110 cm³/mol. The Balaban J connectivity index is 1.75. The van der Waals surface area contributed by atoms with Gasteiger partial charge in [-0.2, -0.15) is 0 Å². The highest BCUT2D eigenvalue weighted by atomic mass is 79.9. The van der Waals surface area contributed by atoms with Gasteiger partial charge in [-0.3, -0.25) is 0 Å². The highest BCUT2D eigenvalue weighted by Gasteiger charge is 2.13. The Kier molecular flexibility index (Phi) is 6.13. The van der Waals surface area contributed by atoms with Gasteiger partial charge in [0.1, 0.15) is 5.76 Å². The lowest BCUT2D eigenvalue weighted by molar-refractivity contribution is 0.360. The molecule has 25 heavy (non-hydrogen) atoms. The smallest absolute Gasteiger partial charge is 0.174 e. The van der Waals surface area contributed by atoms with Crippen molar-refractivity contribution in [3.05, 3.63) is 87.7 Å². The minimum Gasteiger partial charge on any atom is -0.467 e. The molecular formula is C19H16BrClN2OS. The third-order valence-electron chi connectivity index (χ3n) is 3.60. The van der Waals surface area contributed by atoms with Crippen molar-refractivity contribution < 1.29 is 4.42 Å². The molecule has 0 amide bonds. The normalized spacial score (nSPS) is 10.5. The first kappa shape index (κ1) is 18.0. The molecule has 128 valence electrons. The summed E-state index contributed by atoms with van der Waals surface area (Å²) in [4.78, 5) is 2.06. The van der Waals surface area contributed by atoms with Crippen LogP contribution in [-0.2, 0) is 13.1 Å². The van der Waals surface area contributed by atoms with E-state index in [0.717, 1.165) is 26.5 Å². The van der Waals surface area contributed by atoms with Crippen LogP contribution in [0.1, 0.15) is 11.3 Å². The summed E-state index contributed by atoms with van der Waals surface area (Å²) in [5.41, 5.74) is 2.06. The van der Waals surface area contributed by atoms with E-state index in [-0.39, 0.29) is 0 Å². The van der Waals surface area contributed by atoms with Crippen LogP contribution in [-0.4, -0.2) is 10.0 Å². The molecule has 0 aliphatic carbocycles. The fraction of sp³-hybridized carbons (Fsp3) is 0.105. The van der Waals surface area contributed by atoms with Crippen molar-refractivity contribution in [1.82, 2.24) is 4.90 Å². The van der Waals surface area contributed by atoms with Crippen molar-refractivity contribution in [2.24, 2.45) is 0 Å². The summed E-state index contributed by atoms with van der Waals surface area (Å²) in [7, 11) is 0. The first-order chi connectivity index (χ1) is 12.1. The monoisotopic (exact) mass is 434 g/mol. The molecule has 0 fully saturated rings. The largest absolute Gasteiger partial charge is 0.467 e. The van der Waals surface area contributed by atoms with E-state index >= 15 is 0 Å². The summed E-state index contributed by atoms with van der Waals surface area (Å²) < 4.78 is 6.51. The molecule has 0 unspecified atom stereocenters. The summed E-state index contributed by atoms with van der Waals surface area (Å²) in [6.45, 7) is 1.23. The summed E-state index contributed by atoms with van der Waals surface area (Å²) in [6.07, 6.45) is 1.67. The van der Waals surface area contributed by atoms with E-state index in [1.54, 1.807) is 6.26 Å². The number of hydrogen-bond acceptors (Lipinski definition) is 2. The van der Waals surface area contributed by atoms with Gasteiger partial charge in [-0.25, -0.2) is 0 Å². The Bertz CT molecular complexity index is 820.